The molecule has 0 nitrogen and oxygen atoms in total. The highest BCUT2D eigenvalue weighted by molar-refractivity contribution is 4.93. The predicted molar refractivity (Wildman–Crippen MR) is 57.1 cm³/mol. The second kappa shape index (κ2) is 10.7. The van der Waals surface area contributed by atoms with Gasteiger partial charge in [0.2, 0.25) is 0 Å². The molecule has 0 aromatic heterocycles. The molecule has 0 rings (SSSR count). The van der Waals surface area contributed by atoms with Gasteiger partial charge in [-0.15, -0.1) is 0 Å². The van der Waals surface area contributed by atoms with Crippen molar-refractivity contribution >= 4 is 0 Å². The van der Waals surface area contributed by atoms with Gasteiger partial charge in [0.05, 0.1) is 0 Å². The average molecular weight is 167 g/mol. The van der Waals surface area contributed by atoms with Crippen LogP contribution in [0.15, 0.2) is 12.2 Å². The van der Waals surface area contributed by atoms with Crippen molar-refractivity contribution < 1.29 is 0 Å². The Kier molecular flexibility index (Phi) is 10.5. The van der Waals surface area contributed by atoms with Crippen LogP contribution in [0.4, 0.5) is 0 Å². The molecule has 0 atom stereocenters. The molecule has 0 N–H and O–H groups in total. The quantitative estimate of drug-likeness (QED) is 0.466. The van der Waals surface area contributed by atoms with Gasteiger partial charge in [-0.25, -0.2) is 0 Å². The maximum Gasteiger partial charge on any atom is -0.0171 e. The Bertz CT molecular complexity index is 80.2. The fourth-order valence-electron chi connectivity index (χ4n) is 1.12. The van der Waals surface area contributed by atoms with Crippen molar-refractivity contribution in [3.05, 3.63) is 18.6 Å². The first-order valence-electron chi connectivity index (χ1n) is 5.40. The van der Waals surface area contributed by atoms with E-state index in [-0.39, 0.29) is 0 Å². The Labute approximate surface area is 78.1 Å². The molecule has 0 aliphatic heterocycles. The van der Waals surface area contributed by atoms with Crippen molar-refractivity contribution in [2.45, 2.75) is 58.8 Å². The second-order valence-corrected chi connectivity index (χ2v) is 3.30. The van der Waals surface area contributed by atoms with E-state index < -0.39 is 0 Å². The first-order valence-corrected chi connectivity index (χ1v) is 5.40. The first kappa shape index (κ1) is 11.7. The summed E-state index contributed by atoms with van der Waals surface area (Å²) in [6, 6.07) is 0. The van der Waals surface area contributed by atoms with Crippen molar-refractivity contribution in [1.82, 2.24) is 0 Å². The Hall–Kier alpha value is -0.260. The second-order valence-electron chi connectivity index (χ2n) is 3.30. The lowest BCUT2D eigenvalue weighted by Gasteiger charge is -1.92. The van der Waals surface area contributed by atoms with E-state index in [4.69, 9.17) is 0 Å². The summed E-state index contributed by atoms with van der Waals surface area (Å²) in [5.41, 5.74) is 0. The molecule has 0 heterocycles. The molecule has 0 amide bonds. The number of hydrogen-bond acceptors (Lipinski definition) is 0. The van der Waals surface area contributed by atoms with Crippen molar-refractivity contribution in [1.29, 1.82) is 0 Å². The maximum absolute atomic E-state index is 2.30. The lowest BCUT2D eigenvalue weighted by atomic mass is 10.1. The minimum Gasteiger partial charge on any atom is -0.0882 e. The molecule has 0 aliphatic carbocycles. The zero-order valence-electron chi connectivity index (χ0n) is 8.68. The van der Waals surface area contributed by atoms with Crippen LogP contribution in [0.25, 0.3) is 0 Å². The summed E-state index contributed by atoms with van der Waals surface area (Å²) in [7, 11) is 0. The van der Waals surface area contributed by atoms with Crippen LogP contribution in [-0.2, 0) is 0 Å². The monoisotopic (exact) mass is 167 g/mol. The lowest BCUT2D eigenvalue weighted by molar-refractivity contribution is 0.728. The number of unbranched alkanes of at least 4 members (excludes halogenated alkanes) is 6. The summed E-state index contributed by atoms with van der Waals surface area (Å²) in [5, 5.41) is 0. The lowest BCUT2D eigenvalue weighted by Crippen LogP contribution is -1.73. The third kappa shape index (κ3) is 9.74. The minimum absolute atomic E-state index is 1.25. The van der Waals surface area contributed by atoms with Crippen LogP contribution in [-0.4, -0.2) is 0 Å². The summed E-state index contributed by atoms with van der Waals surface area (Å²) in [4.78, 5) is 0. The van der Waals surface area contributed by atoms with Crippen LogP contribution in [0.2, 0.25) is 0 Å². The molecular formula is C12H23. The van der Waals surface area contributed by atoms with E-state index in [2.05, 4.69) is 32.4 Å². The van der Waals surface area contributed by atoms with E-state index in [0.717, 1.165) is 0 Å². The zero-order chi connectivity index (χ0) is 9.07. The molecule has 0 aliphatic rings. The number of rotatable bonds is 8. The van der Waals surface area contributed by atoms with E-state index in [1.165, 1.54) is 44.9 Å². The highest BCUT2D eigenvalue weighted by Gasteiger charge is 1.83. The average Bonchev–Trinajstić information content (AvgIpc) is 2.10. The molecule has 12 heavy (non-hydrogen) atoms. The van der Waals surface area contributed by atoms with Gasteiger partial charge in [0.15, 0.2) is 0 Å². The fourth-order valence-corrected chi connectivity index (χ4v) is 1.12. The molecule has 0 aromatic carbocycles. The van der Waals surface area contributed by atoms with Crippen LogP contribution >= 0.6 is 0 Å². The predicted octanol–water partition coefficient (Wildman–Crippen LogP) is 4.52. The van der Waals surface area contributed by atoms with Crippen LogP contribution in [0.5, 0.6) is 0 Å². The Morgan fingerprint density at radius 1 is 0.833 bits per heavy atom. The molecule has 0 spiro atoms. The minimum atomic E-state index is 1.25. The summed E-state index contributed by atoms with van der Waals surface area (Å²) in [6.07, 6.45) is 16.0. The summed E-state index contributed by atoms with van der Waals surface area (Å²) in [6.45, 7) is 4.48. The van der Waals surface area contributed by atoms with Gasteiger partial charge >= 0.3 is 0 Å². The largest absolute Gasteiger partial charge is 0.0882 e. The first-order chi connectivity index (χ1) is 5.91. The smallest absolute Gasteiger partial charge is 0.0171 e. The molecule has 1 radical (unpaired) electrons. The Balaban J connectivity index is 2.93. The van der Waals surface area contributed by atoms with Crippen molar-refractivity contribution in [3.63, 3.8) is 0 Å². The number of allylic oxidation sites excluding steroid dienone is 2. The molecule has 0 fully saturated rings. The van der Waals surface area contributed by atoms with Gasteiger partial charge in [-0.3, -0.25) is 0 Å². The molecule has 0 unspecified atom stereocenters. The third-order valence-corrected chi connectivity index (χ3v) is 1.97. The summed E-state index contributed by atoms with van der Waals surface area (Å²) in [5.74, 6) is 0. The van der Waals surface area contributed by atoms with Gasteiger partial charge < -0.3 is 0 Å². The van der Waals surface area contributed by atoms with Crippen molar-refractivity contribution in [2.24, 2.45) is 0 Å². The van der Waals surface area contributed by atoms with Gasteiger partial charge in [-0.05, 0) is 25.7 Å². The molecule has 0 saturated carbocycles. The third-order valence-electron chi connectivity index (χ3n) is 1.97. The van der Waals surface area contributed by atoms with Crippen LogP contribution in [0.3, 0.4) is 0 Å². The summed E-state index contributed by atoms with van der Waals surface area (Å²) >= 11 is 0. The highest BCUT2D eigenvalue weighted by atomic mass is 13.9. The van der Waals surface area contributed by atoms with E-state index in [0.29, 0.717) is 0 Å². The number of hydrogen-bond donors (Lipinski definition) is 0. The molecule has 0 bridgehead atoms. The van der Waals surface area contributed by atoms with Crippen molar-refractivity contribution in [3.8, 4) is 0 Å². The van der Waals surface area contributed by atoms with Gasteiger partial charge in [0, 0.05) is 0 Å². The molecule has 71 valence electrons. The summed E-state index contributed by atoms with van der Waals surface area (Å²) < 4.78 is 0. The SMILES string of the molecule is CCCC[CH]/C=C/CCCCC. The van der Waals surface area contributed by atoms with Crippen LogP contribution in [0, 0.1) is 6.42 Å². The zero-order valence-corrected chi connectivity index (χ0v) is 8.68. The van der Waals surface area contributed by atoms with Crippen LogP contribution < -0.4 is 0 Å². The topological polar surface area (TPSA) is 0 Å². The molecule has 0 heteroatoms. The van der Waals surface area contributed by atoms with E-state index in [9.17, 15) is 0 Å². The highest BCUT2D eigenvalue weighted by Crippen LogP contribution is 2.02. The Morgan fingerprint density at radius 3 is 2.25 bits per heavy atom. The van der Waals surface area contributed by atoms with E-state index >= 15 is 0 Å². The van der Waals surface area contributed by atoms with Crippen LogP contribution in [0.1, 0.15) is 58.8 Å². The maximum atomic E-state index is 2.30. The Morgan fingerprint density at radius 2 is 1.58 bits per heavy atom. The standard InChI is InChI=1S/C12H23/c1-3-5-7-9-11-12-10-8-6-4-2/h9,11-12H,3-8,10H2,1-2H3/b12-11+. The fraction of sp³-hybridized carbons (Fsp3) is 0.750. The van der Waals surface area contributed by atoms with Gasteiger partial charge in [0.1, 0.15) is 0 Å². The van der Waals surface area contributed by atoms with E-state index in [1.807, 2.05) is 0 Å². The van der Waals surface area contributed by atoms with Gasteiger partial charge in [-0.2, -0.15) is 0 Å². The molecule has 0 saturated heterocycles. The van der Waals surface area contributed by atoms with Crippen molar-refractivity contribution in [2.75, 3.05) is 0 Å². The molecular weight excluding hydrogens is 144 g/mol. The van der Waals surface area contributed by atoms with E-state index in [1.54, 1.807) is 0 Å². The van der Waals surface area contributed by atoms with Gasteiger partial charge in [0.25, 0.3) is 0 Å². The molecule has 0 aromatic rings. The normalized spacial score (nSPS) is 11.2. The van der Waals surface area contributed by atoms with Gasteiger partial charge in [-0.1, -0.05) is 51.7 Å².